The van der Waals surface area contributed by atoms with Crippen LogP contribution in [0.5, 0.6) is 0 Å². The third-order valence-corrected chi connectivity index (χ3v) is 7.98. The van der Waals surface area contributed by atoms with Gasteiger partial charge in [-0.25, -0.2) is 0 Å². The summed E-state index contributed by atoms with van der Waals surface area (Å²) in [4.78, 5) is 2.54. The van der Waals surface area contributed by atoms with Gasteiger partial charge in [0.25, 0.3) is 0 Å². The molecule has 0 amide bonds. The number of rotatable bonds is 2. The lowest BCUT2D eigenvalue weighted by Gasteiger charge is -2.29. The number of aromatic nitrogens is 1. The monoisotopic (exact) mass is 453 g/mol. The van der Waals surface area contributed by atoms with Crippen molar-refractivity contribution in [3.05, 3.63) is 108 Å². The first-order valence-electron chi connectivity index (χ1n) is 12.6. The van der Waals surface area contributed by atoms with E-state index in [0.717, 1.165) is 18.5 Å². The van der Waals surface area contributed by atoms with Crippen molar-refractivity contribution in [2.45, 2.75) is 31.7 Å². The van der Waals surface area contributed by atoms with Crippen LogP contribution in [-0.2, 0) is 6.42 Å². The van der Waals surface area contributed by atoms with Gasteiger partial charge >= 0.3 is 0 Å². The highest BCUT2D eigenvalue weighted by Gasteiger charge is 2.38. The van der Waals surface area contributed by atoms with Gasteiger partial charge in [0.2, 0.25) is 0 Å². The molecule has 3 nitrogen and oxygen atoms in total. The summed E-state index contributed by atoms with van der Waals surface area (Å²) in [5.41, 5.74) is 8.85. The van der Waals surface area contributed by atoms with Crippen LogP contribution < -0.4 is 4.90 Å². The zero-order chi connectivity index (χ0) is 23.5. The zero-order valence-electron chi connectivity index (χ0n) is 19.8. The largest absolute Gasteiger partial charge is 0.333 e. The Balaban J connectivity index is 1.52. The van der Waals surface area contributed by atoms with Crippen molar-refractivity contribution in [3.63, 3.8) is 0 Å². The molecule has 3 unspecified atom stereocenters. The lowest BCUT2D eigenvalue weighted by molar-refractivity contribution is 0.681. The van der Waals surface area contributed by atoms with Crippen LogP contribution in [0.25, 0.3) is 22.7 Å². The van der Waals surface area contributed by atoms with Crippen LogP contribution in [-0.4, -0.2) is 10.6 Å². The van der Waals surface area contributed by atoms with Crippen molar-refractivity contribution in [3.8, 4) is 6.07 Å². The van der Waals surface area contributed by atoms with Crippen molar-refractivity contribution in [1.82, 2.24) is 4.57 Å². The van der Waals surface area contributed by atoms with E-state index in [-0.39, 0.29) is 12.0 Å². The summed E-state index contributed by atoms with van der Waals surface area (Å²) in [5, 5.41) is 11.3. The highest BCUT2D eigenvalue weighted by Crippen LogP contribution is 2.51. The minimum absolute atomic E-state index is 0.132. The summed E-state index contributed by atoms with van der Waals surface area (Å²) in [6.45, 7) is 2.28. The molecule has 170 valence electrons. The molecule has 1 aliphatic heterocycles. The molecule has 0 fully saturated rings. The number of anilines is 2. The van der Waals surface area contributed by atoms with Crippen molar-refractivity contribution in [2.24, 2.45) is 11.8 Å². The van der Waals surface area contributed by atoms with Gasteiger partial charge in [-0.15, -0.1) is 0 Å². The summed E-state index contributed by atoms with van der Waals surface area (Å²) in [6, 6.07) is 18.4. The van der Waals surface area contributed by atoms with Gasteiger partial charge in [0.1, 0.15) is 0 Å². The number of para-hydroxylation sites is 1. The second kappa shape index (κ2) is 7.75. The molecule has 0 saturated carbocycles. The van der Waals surface area contributed by atoms with Gasteiger partial charge in [-0.1, -0.05) is 79.8 Å². The van der Waals surface area contributed by atoms with Gasteiger partial charge in [0.05, 0.1) is 29.2 Å². The van der Waals surface area contributed by atoms with Crippen LogP contribution >= 0.6 is 0 Å². The number of allylic oxidation sites excluding steroid dienone is 7. The highest BCUT2D eigenvalue weighted by molar-refractivity contribution is 6.05. The van der Waals surface area contributed by atoms with Gasteiger partial charge in [0, 0.05) is 33.9 Å². The summed E-state index contributed by atoms with van der Waals surface area (Å²) in [7, 11) is 0. The topological polar surface area (TPSA) is 32.0 Å². The van der Waals surface area contributed by atoms with E-state index in [4.69, 9.17) is 0 Å². The Kier molecular flexibility index (Phi) is 4.51. The van der Waals surface area contributed by atoms with Crippen molar-refractivity contribution >= 4 is 34.1 Å². The third kappa shape index (κ3) is 2.90. The fourth-order valence-corrected chi connectivity index (χ4v) is 6.45. The first-order chi connectivity index (χ1) is 17.3. The second-order valence-corrected chi connectivity index (χ2v) is 10.1. The molecule has 3 aliphatic carbocycles. The minimum Gasteiger partial charge on any atom is -0.333 e. The number of nitrogens with zero attached hydrogens (tertiary/aromatic N) is 3. The SMILES string of the molecule is CC1C=Cc2c(n(C3=CC=CC[C@@H]3C#N)c3cccc(N4c5ccccc5C5C=CC=CC54)c23)C1. The molecule has 0 bridgehead atoms. The molecule has 3 aromatic rings. The minimum atomic E-state index is -0.132. The normalized spacial score (nSPS) is 25.8. The molecule has 7 rings (SSSR count). The first-order valence-corrected chi connectivity index (χ1v) is 12.6. The molecule has 2 heterocycles. The van der Waals surface area contributed by atoms with Crippen molar-refractivity contribution < 1.29 is 0 Å². The number of fused-ring (bicyclic) bond motifs is 6. The molecule has 2 aromatic carbocycles. The van der Waals surface area contributed by atoms with E-state index >= 15 is 0 Å². The quantitative estimate of drug-likeness (QED) is 0.402. The van der Waals surface area contributed by atoms with Gasteiger partial charge < -0.3 is 9.47 Å². The maximum absolute atomic E-state index is 9.98. The number of hydrogen-bond acceptors (Lipinski definition) is 2. The van der Waals surface area contributed by atoms with Crippen LogP contribution in [0, 0.1) is 23.2 Å². The Morgan fingerprint density at radius 2 is 1.80 bits per heavy atom. The van der Waals surface area contributed by atoms with E-state index in [9.17, 15) is 5.26 Å². The van der Waals surface area contributed by atoms with E-state index in [1.807, 2.05) is 0 Å². The number of hydrogen-bond donors (Lipinski definition) is 0. The summed E-state index contributed by atoms with van der Waals surface area (Å²) in [6.07, 6.45) is 21.8. The maximum atomic E-state index is 9.98. The van der Waals surface area contributed by atoms with E-state index in [0.29, 0.717) is 11.8 Å². The Morgan fingerprint density at radius 3 is 2.71 bits per heavy atom. The van der Waals surface area contributed by atoms with Crippen LogP contribution in [0.15, 0.2) is 91.1 Å². The number of nitriles is 1. The lowest BCUT2D eigenvalue weighted by atomic mass is 9.91. The van der Waals surface area contributed by atoms with Crippen molar-refractivity contribution in [1.29, 1.82) is 5.26 Å². The zero-order valence-corrected chi connectivity index (χ0v) is 19.8. The van der Waals surface area contributed by atoms with Crippen LogP contribution in [0.1, 0.15) is 36.1 Å². The van der Waals surface area contributed by atoms with Gasteiger partial charge in [-0.2, -0.15) is 5.26 Å². The van der Waals surface area contributed by atoms with Gasteiger partial charge in [-0.3, -0.25) is 0 Å². The molecule has 0 spiro atoms. The standard InChI is InChI=1S/C32H27N3/c1-21-17-18-25-31(19-21)34(26-12-5-2-9-22(26)20-33)29-15-8-16-30(32(25)29)35-27-13-6-3-10-23(27)24-11-4-7-14-28(24)35/h2-8,10-18,21-23,27H,9,19H2,1H3/t21?,22-,23?,27?/m1/s1. The third-order valence-electron chi connectivity index (χ3n) is 7.98. The molecule has 0 saturated heterocycles. The van der Waals surface area contributed by atoms with E-state index in [2.05, 4.69) is 120 Å². The fourth-order valence-electron chi connectivity index (χ4n) is 6.45. The lowest BCUT2D eigenvalue weighted by Crippen LogP contribution is -2.28. The molecular weight excluding hydrogens is 426 g/mol. The van der Waals surface area contributed by atoms with Gasteiger partial charge in [-0.05, 0) is 48.6 Å². The Labute approximate surface area is 206 Å². The van der Waals surface area contributed by atoms with Crippen LogP contribution in [0.4, 0.5) is 11.4 Å². The molecule has 4 atom stereocenters. The fraction of sp³-hybridized carbons (Fsp3) is 0.219. The van der Waals surface area contributed by atoms with E-state index < -0.39 is 0 Å². The summed E-state index contributed by atoms with van der Waals surface area (Å²) in [5.74, 6) is 0.694. The summed E-state index contributed by atoms with van der Waals surface area (Å²) >= 11 is 0. The highest BCUT2D eigenvalue weighted by atomic mass is 15.2. The average Bonchev–Trinajstić information content (AvgIpc) is 3.41. The average molecular weight is 454 g/mol. The predicted molar refractivity (Wildman–Crippen MR) is 144 cm³/mol. The molecule has 0 radical (unpaired) electrons. The smallest absolute Gasteiger partial charge is 0.0902 e. The molecule has 3 heteroatoms. The van der Waals surface area contributed by atoms with E-state index in [1.54, 1.807) is 0 Å². The number of benzene rings is 2. The van der Waals surface area contributed by atoms with Crippen molar-refractivity contribution in [2.75, 3.05) is 4.90 Å². The van der Waals surface area contributed by atoms with Crippen LogP contribution in [0.2, 0.25) is 0 Å². The molecule has 1 aromatic heterocycles. The Morgan fingerprint density at radius 1 is 0.943 bits per heavy atom. The first kappa shape index (κ1) is 20.4. The van der Waals surface area contributed by atoms with Crippen LogP contribution in [0.3, 0.4) is 0 Å². The Hall–Kier alpha value is -4.03. The predicted octanol–water partition coefficient (Wildman–Crippen LogP) is 7.52. The Bertz CT molecular complexity index is 1550. The maximum Gasteiger partial charge on any atom is 0.0902 e. The van der Waals surface area contributed by atoms with Gasteiger partial charge in [0.15, 0.2) is 0 Å². The molecule has 35 heavy (non-hydrogen) atoms. The van der Waals surface area contributed by atoms with E-state index in [1.165, 1.54) is 39.1 Å². The molecule has 0 N–H and O–H groups in total. The molecule has 4 aliphatic rings. The summed E-state index contributed by atoms with van der Waals surface area (Å²) < 4.78 is 2.40. The second-order valence-electron chi connectivity index (χ2n) is 10.1. The molecular formula is C32H27N3.